The lowest BCUT2D eigenvalue weighted by Gasteiger charge is -2.42. The molecule has 0 aliphatic heterocycles. The first-order valence-corrected chi connectivity index (χ1v) is 10.9. The fourth-order valence-electron chi connectivity index (χ4n) is 3.29. The standard InChI is InChI=1S/C18H27N4O5P/c1-4-10-16(23)15-13-22(20-19-15)18(5-2,28(25,26)27)21(6-3)17(24)14-11-8-7-9-12-14/h7-9,11-13,16,23H,4-6,10H2,1-3H3,(H2,25,26,27). The molecule has 1 amide bonds. The third-order valence-corrected chi connectivity index (χ3v) is 6.43. The lowest BCUT2D eigenvalue weighted by Crippen LogP contribution is -2.53. The highest BCUT2D eigenvalue weighted by Gasteiger charge is 2.55. The van der Waals surface area contributed by atoms with Gasteiger partial charge >= 0.3 is 7.60 Å². The van der Waals surface area contributed by atoms with Crippen LogP contribution in [0.15, 0.2) is 36.5 Å². The van der Waals surface area contributed by atoms with Gasteiger partial charge in [0.25, 0.3) is 5.91 Å². The van der Waals surface area contributed by atoms with Crippen molar-refractivity contribution in [2.45, 2.75) is 51.5 Å². The Kier molecular flexibility index (Phi) is 7.11. The number of amides is 1. The van der Waals surface area contributed by atoms with Crippen molar-refractivity contribution in [3.8, 4) is 0 Å². The number of carbonyl (C=O) groups is 1. The molecule has 0 spiro atoms. The normalized spacial score (nSPS) is 15.1. The number of carbonyl (C=O) groups excluding carboxylic acids is 1. The summed E-state index contributed by atoms with van der Waals surface area (Å²) in [5.74, 6) is -0.528. The first-order valence-electron chi connectivity index (χ1n) is 9.26. The van der Waals surface area contributed by atoms with E-state index in [9.17, 15) is 24.3 Å². The minimum Gasteiger partial charge on any atom is -0.387 e. The number of hydrogen-bond acceptors (Lipinski definition) is 5. The van der Waals surface area contributed by atoms with Crippen molar-refractivity contribution in [2.24, 2.45) is 0 Å². The van der Waals surface area contributed by atoms with Crippen LogP contribution in [-0.2, 0) is 9.97 Å². The van der Waals surface area contributed by atoms with Crippen LogP contribution in [0.1, 0.15) is 62.2 Å². The molecule has 28 heavy (non-hydrogen) atoms. The molecule has 10 heteroatoms. The van der Waals surface area contributed by atoms with Crippen molar-refractivity contribution in [1.29, 1.82) is 0 Å². The van der Waals surface area contributed by atoms with Gasteiger partial charge in [-0.15, -0.1) is 5.10 Å². The molecule has 0 aliphatic rings. The van der Waals surface area contributed by atoms with Crippen molar-refractivity contribution in [1.82, 2.24) is 19.9 Å². The van der Waals surface area contributed by atoms with Gasteiger partial charge in [0, 0.05) is 18.5 Å². The molecule has 1 aromatic heterocycles. The number of aromatic nitrogens is 3. The quantitative estimate of drug-likeness (QED) is 0.542. The van der Waals surface area contributed by atoms with Gasteiger partial charge in [-0.2, -0.15) is 0 Å². The SMILES string of the molecule is CCCC(O)c1cn(C(CC)(N(CC)C(=O)c2ccccc2)P(=O)(O)O)nn1. The Labute approximate surface area is 164 Å². The van der Waals surface area contributed by atoms with Crippen LogP contribution in [0.5, 0.6) is 0 Å². The zero-order chi connectivity index (χ0) is 20.9. The van der Waals surface area contributed by atoms with Crippen molar-refractivity contribution >= 4 is 13.5 Å². The first kappa shape index (κ1) is 22.2. The molecule has 2 unspecified atom stereocenters. The van der Waals surface area contributed by atoms with Crippen LogP contribution in [0.25, 0.3) is 0 Å². The lowest BCUT2D eigenvalue weighted by atomic mass is 10.1. The molecule has 1 heterocycles. The van der Waals surface area contributed by atoms with Crippen LogP contribution in [0.4, 0.5) is 0 Å². The average molecular weight is 410 g/mol. The molecule has 9 nitrogen and oxygen atoms in total. The van der Waals surface area contributed by atoms with Crippen LogP contribution in [-0.4, -0.2) is 47.2 Å². The number of aliphatic hydroxyl groups is 1. The molecular formula is C18H27N4O5P. The van der Waals surface area contributed by atoms with E-state index in [1.807, 2.05) is 6.92 Å². The van der Waals surface area contributed by atoms with Gasteiger partial charge in [0.05, 0.1) is 12.3 Å². The van der Waals surface area contributed by atoms with Crippen LogP contribution >= 0.6 is 7.60 Å². The zero-order valence-electron chi connectivity index (χ0n) is 16.3. The molecule has 0 fully saturated rings. The van der Waals surface area contributed by atoms with E-state index < -0.39 is 25.0 Å². The zero-order valence-corrected chi connectivity index (χ0v) is 17.2. The van der Waals surface area contributed by atoms with Gasteiger partial charge in [-0.1, -0.05) is 43.7 Å². The van der Waals surface area contributed by atoms with Gasteiger partial charge in [-0.25, -0.2) is 4.68 Å². The molecule has 0 aliphatic carbocycles. The summed E-state index contributed by atoms with van der Waals surface area (Å²) >= 11 is 0. The number of nitrogens with zero attached hydrogens (tertiary/aromatic N) is 4. The second kappa shape index (κ2) is 8.96. The van der Waals surface area contributed by atoms with Crippen LogP contribution in [0.2, 0.25) is 0 Å². The molecular weight excluding hydrogens is 383 g/mol. The fraction of sp³-hybridized carbons (Fsp3) is 0.500. The Bertz CT molecular complexity index is 838. The maximum Gasteiger partial charge on any atom is 0.373 e. The van der Waals surface area contributed by atoms with Crippen LogP contribution in [0, 0.1) is 0 Å². The Balaban J connectivity index is 2.60. The average Bonchev–Trinajstić information content (AvgIpc) is 3.15. The van der Waals surface area contributed by atoms with Crippen LogP contribution in [0.3, 0.4) is 0 Å². The molecule has 2 aromatic rings. The van der Waals surface area contributed by atoms with Crippen molar-refractivity contribution < 1.29 is 24.3 Å². The molecule has 0 saturated carbocycles. The lowest BCUT2D eigenvalue weighted by molar-refractivity contribution is 0.0349. The Morgan fingerprint density at radius 2 is 1.89 bits per heavy atom. The topological polar surface area (TPSA) is 129 Å². The van der Waals surface area contributed by atoms with E-state index in [2.05, 4.69) is 10.3 Å². The second-order valence-electron chi connectivity index (χ2n) is 6.48. The van der Waals surface area contributed by atoms with Crippen molar-refractivity contribution in [3.05, 3.63) is 47.8 Å². The van der Waals surface area contributed by atoms with Gasteiger partial charge in [0.1, 0.15) is 5.69 Å². The van der Waals surface area contributed by atoms with Gasteiger partial charge < -0.3 is 19.8 Å². The third kappa shape index (κ3) is 4.03. The summed E-state index contributed by atoms with van der Waals surface area (Å²) in [6.07, 6.45) is 1.46. The summed E-state index contributed by atoms with van der Waals surface area (Å²) in [4.78, 5) is 34.8. The smallest absolute Gasteiger partial charge is 0.373 e. The number of hydrogen-bond donors (Lipinski definition) is 3. The van der Waals surface area contributed by atoms with Gasteiger partial charge in [0.15, 0.2) is 0 Å². The third-order valence-electron chi connectivity index (χ3n) is 4.74. The first-order chi connectivity index (χ1) is 13.2. The summed E-state index contributed by atoms with van der Waals surface area (Å²) < 4.78 is 13.7. The van der Waals surface area contributed by atoms with E-state index >= 15 is 0 Å². The monoisotopic (exact) mass is 410 g/mol. The van der Waals surface area contributed by atoms with E-state index in [1.54, 1.807) is 44.2 Å². The molecule has 2 atom stereocenters. The molecule has 0 bridgehead atoms. The molecule has 0 saturated heterocycles. The summed E-state index contributed by atoms with van der Waals surface area (Å²) in [7, 11) is -4.92. The second-order valence-corrected chi connectivity index (χ2v) is 8.28. The van der Waals surface area contributed by atoms with E-state index in [0.717, 1.165) is 9.58 Å². The van der Waals surface area contributed by atoms with Gasteiger partial charge in [-0.05, 0) is 25.5 Å². The molecule has 1 aromatic carbocycles. The number of rotatable bonds is 9. The highest BCUT2D eigenvalue weighted by atomic mass is 31.2. The Hall–Kier alpha value is -2.06. The van der Waals surface area contributed by atoms with Crippen molar-refractivity contribution in [2.75, 3.05) is 6.54 Å². The number of benzene rings is 1. The molecule has 2 rings (SSSR count). The minimum absolute atomic E-state index is 0.0411. The summed E-state index contributed by atoms with van der Waals surface area (Å²) in [6, 6.07) is 8.29. The molecule has 3 N–H and O–H groups in total. The van der Waals surface area contributed by atoms with E-state index in [0.29, 0.717) is 18.4 Å². The van der Waals surface area contributed by atoms with Crippen molar-refractivity contribution in [3.63, 3.8) is 0 Å². The summed E-state index contributed by atoms with van der Waals surface area (Å²) in [6.45, 7) is 5.16. The van der Waals surface area contributed by atoms with E-state index in [1.165, 1.54) is 6.20 Å². The highest BCUT2D eigenvalue weighted by Crippen LogP contribution is 2.58. The maximum absolute atomic E-state index is 13.1. The Morgan fingerprint density at radius 1 is 1.25 bits per heavy atom. The van der Waals surface area contributed by atoms with Gasteiger partial charge in [-0.3, -0.25) is 9.36 Å². The van der Waals surface area contributed by atoms with E-state index in [-0.39, 0.29) is 18.7 Å². The van der Waals surface area contributed by atoms with E-state index in [4.69, 9.17) is 0 Å². The minimum atomic E-state index is -4.92. The van der Waals surface area contributed by atoms with Gasteiger partial charge in [0.2, 0.25) is 5.40 Å². The molecule has 0 radical (unpaired) electrons. The summed E-state index contributed by atoms with van der Waals surface area (Å²) in [5, 5.41) is 15.9. The predicted molar refractivity (Wildman–Crippen MR) is 103 cm³/mol. The van der Waals surface area contributed by atoms with Crippen LogP contribution < -0.4 is 0 Å². The molecule has 154 valence electrons. The largest absolute Gasteiger partial charge is 0.387 e. The maximum atomic E-state index is 13.1. The Morgan fingerprint density at radius 3 is 2.39 bits per heavy atom. The fourth-order valence-corrected chi connectivity index (χ4v) is 4.62. The summed E-state index contributed by atoms with van der Waals surface area (Å²) in [5.41, 5.74) is 0.512. The predicted octanol–water partition coefficient (Wildman–Crippen LogP) is 2.47. The highest BCUT2D eigenvalue weighted by molar-refractivity contribution is 7.52. The number of aliphatic hydroxyl groups excluding tert-OH is 1.